The predicted octanol–water partition coefficient (Wildman–Crippen LogP) is 3.21. The van der Waals surface area contributed by atoms with Crippen LogP contribution in [0.25, 0.3) is 0 Å². The van der Waals surface area contributed by atoms with Crippen molar-refractivity contribution in [1.82, 2.24) is 5.32 Å². The maximum atomic E-state index is 12.4. The molecule has 0 aliphatic rings. The average molecular weight is 304 g/mol. The first-order valence-electron chi connectivity index (χ1n) is 7.82. The summed E-state index contributed by atoms with van der Waals surface area (Å²) in [6.45, 7) is 12.6. The number of nitrogens with one attached hydrogen (secondary N) is 1. The van der Waals surface area contributed by atoms with Crippen LogP contribution in [-0.4, -0.2) is 24.9 Å². The molecule has 0 fully saturated rings. The van der Waals surface area contributed by atoms with Crippen molar-refractivity contribution in [2.45, 2.75) is 48.0 Å². The number of rotatable bonds is 5. The van der Waals surface area contributed by atoms with Gasteiger partial charge in [0.2, 0.25) is 11.8 Å². The number of anilines is 1. The normalized spacial score (nSPS) is 11.2. The van der Waals surface area contributed by atoms with Gasteiger partial charge in [0.1, 0.15) is 0 Å². The Labute approximate surface area is 133 Å². The smallest absolute Gasteiger partial charge is 0.228 e. The summed E-state index contributed by atoms with van der Waals surface area (Å²) in [5.41, 5.74) is 2.74. The number of hydrogen-bond acceptors (Lipinski definition) is 2. The highest BCUT2D eigenvalue weighted by Gasteiger charge is 2.21. The summed E-state index contributed by atoms with van der Waals surface area (Å²) in [6, 6.07) is 6.10. The van der Waals surface area contributed by atoms with Crippen LogP contribution in [0.4, 0.5) is 5.69 Å². The topological polar surface area (TPSA) is 49.4 Å². The third-order valence-electron chi connectivity index (χ3n) is 3.58. The zero-order chi connectivity index (χ0) is 16.9. The van der Waals surface area contributed by atoms with E-state index in [1.165, 1.54) is 0 Å². The molecule has 4 heteroatoms. The minimum Gasteiger partial charge on any atom is -0.355 e. The number of nitrogens with zero attached hydrogens (tertiary/aromatic N) is 1. The van der Waals surface area contributed by atoms with E-state index in [1.807, 2.05) is 59.7 Å². The van der Waals surface area contributed by atoms with Crippen LogP contribution in [0.1, 0.15) is 45.2 Å². The summed E-state index contributed by atoms with van der Waals surface area (Å²) in [6.07, 6.45) is 0.309. The van der Waals surface area contributed by atoms with E-state index in [2.05, 4.69) is 5.32 Å². The lowest BCUT2D eigenvalue weighted by Gasteiger charge is -2.24. The molecule has 1 aromatic carbocycles. The minimum absolute atomic E-state index is 0.0323. The Kier molecular flexibility index (Phi) is 6.15. The Morgan fingerprint density at radius 2 is 1.82 bits per heavy atom. The largest absolute Gasteiger partial charge is 0.355 e. The van der Waals surface area contributed by atoms with Crippen molar-refractivity contribution in [1.29, 1.82) is 0 Å². The lowest BCUT2D eigenvalue weighted by atomic mass is 9.96. The quantitative estimate of drug-likeness (QED) is 0.908. The molecule has 2 amide bonds. The summed E-state index contributed by atoms with van der Waals surface area (Å²) >= 11 is 0. The zero-order valence-electron chi connectivity index (χ0n) is 14.6. The lowest BCUT2D eigenvalue weighted by molar-refractivity contribution is -0.128. The SMILES string of the molecule is CCN(C(=O)CCNC(=O)C(C)(C)C)c1cc(C)ccc1C. The van der Waals surface area contributed by atoms with Gasteiger partial charge < -0.3 is 10.2 Å². The van der Waals surface area contributed by atoms with E-state index in [0.717, 1.165) is 16.8 Å². The van der Waals surface area contributed by atoms with Crippen LogP contribution in [-0.2, 0) is 9.59 Å². The second kappa shape index (κ2) is 7.43. The highest BCUT2D eigenvalue weighted by atomic mass is 16.2. The summed E-state index contributed by atoms with van der Waals surface area (Å²) in [7, 11) is 0. The number of amides is 2. The molecule has 0 saturated carbocycles. The van der Waals surface area contributed by atoms with Crippen molar-refractivity contribution in [2.75, 3.05) is 18.0 Å². The summed E-state index contributed by atoms with van der Waals surface area (Å²) in [5.74, 6) is 0.000457. The van der Waals surface area contributed by atoms with Gasteiger partial charge in [-0.3, -0.25) is 9.59 Å². The van der Waals surface area contributed by atoms with E-state index in [1.54, 1.807) is 4.90 Å². The van der Waals surface area contributed by atoms with Gasteiger partial charge in [0, 0.05) is 30.6 Å². The molecule has 0 saturated heterocycles. The van der Waals surface area contributed by atoms with Crippen molar-refractivity contribution in [3.8, 4) is 0 Å². The predicted molar refractivity (Wildman–Crippen MR) is 91.0 cm³/mol. The number of carbonyl (C=O) groups excluding carboxylic acids is 2. The Hall–Kier alpha value is -1.84. The molecule has 1 aromatic rings. The Bertz CT molecular complexity index is 545. The standard InChI is InChI=1S/C18H28N2O2/c1-7-20(15-12-13(2)8-9-14(15)3)16(21)10-11-19-17(22)18(4,5)6/h8-9,12H,7,10-11H2,1-6H3,(H,19,22). The van der Waals surface area contributed by atoms with Gasteiger partial charge in [-0.2, -0.15) is 0 Å². The van der Waals surface area contributed by atoms with Gasteiger partial charge in [-0.1, -0.05) is 32.9 Å². The fourth-order valence-corrected chi connectivity index (χ4v) is 2.17. The van der Waals surface area contributed by atoms with E-state index in [0.29, 0.717) is 19.5 Å². The van der Waals surface area contributed by atoms with Crippen molar-refractivity contribution < 1.29 is 9.59 Å². The van der Waals surface area contributed by atoms with Crippen LogP contribution in [0.5, 0.6) is 0 Å². The lowest BCUT2D eigenvalue weighted by Crippen LogP contribution is -2.38. The Morgan fingerprint density at radius 1 is 1.18 bits per heavy atom. The molecule has 0 radical (unpaired) electrons. The number of carbonyl (C=O) groups is 2. The Morgan fingerprint density at radius 3 is 2.36 bits per heavy atom. The molecule has 1 N–H and O–H groups in total. The van der Waals surface area contributed by atoms with Gasteiger partial charge in [0.15, 0.2) is 0 Å². The van der Waals surface area contributed by atoms with Gasteiger partial charge >= 0.3 is 0 Å². The van der Waals surface area contributed by atoms with Crippen LogP contribution < -0.4 is 10.2 Å². The summed E-state index contributed by atoms with van der Waals surface area (Å²) < 4.78 is 0. The third-order valence-corrected chi connectivity index (χ3v) is 3.58. The first kappa shape index (κ1) is 18.2. The van der Waals surface area contributed by atoms with Crippen LogP contribution in [0.2, 0.25) is 0 Å². The number of aryl methyl sites for hydroxylation is 2. The second-order valence-electron chi connectivity index (χ2n) is 6.68. The van der Waals surface area contributed by atoms with Crippen LogP contribution in [0.3, 0.4) is 0 Å². The van der Waals surface area contributed by atoms with Gasteiger partial charge in [-0.25, -0.2) is 0 Å². The number of hydrogen-bond donors (Lipinski definition) is 1. The van der Waals surface area contributed by atoms with Gasteiger partial charge in [0.25, 0.3) is 0 Å². The number of benzene rings is 1. The van der Waals surface area contributed by atoms with Crippen molar-refractivity contribution in [3.63, 3.8) is 0 Å². The van der Waals surface area contributed by atoms with Crippen LogP contribution in [0.15, 0.2) is 18.2 Å². The molecule has 0 spiro atoms. The maximum absolute atomic E-state index is 12.4. The fourth-order valence-electron chi connectivity index (χ4n) is 2.17. The third kappa shape index (κ3) is 4.86. The maximum Gasteiger partial charge on any atom is 0.228 e. The van der Waals surface area contributed by atoms with Gasteiger partial charge in [-0.15, -0.1) is 0 Å². The monoisotopic (exact) mass is 304 g/mol. The molecule has 0 aromatic heterocycles. The highest BCUT2D eigenvalue weighted by Crippen LogP contribution is 2.22. The molecule has 0 aliphatic heterocycles. The van der Waals surface area contributed by atoms with Gasteiger partial charge in [0.05, 0.1) is 0 Å². The van der Waals surface area contributed by atoms with Crippen molar-refractivity contribution >= 4 is 17.5 Å². The molecule has 4 nitrogen and oxygen atoms in total. The van der Waals surface area contributed by atoms with E-state index in [9.17, 15) is 9.59 Å². The van der Waals surface area contributed by atoms with Crippen molar-refractivity contribution in [3.05, 3.63) is 29.3 Å². The van der Waals surface area contributed by atoms with E-state index in [4.69, 9.17) is 0 Å². The summed E-state index contributed by atoms with van der Waals surface area (Å²) in [4.78, 5) is 26.0. The molecular formula is C18H28N2O2. The minimum atomic E-state index is -0.430. The van der Waals surface area contributed by atoms with E-state index in [-0.39, 0.29) is 11.8 Å². The average Bonchev–Trinajstić information content (AvgIpc) is 2.42. The van der Waals surface area contributed by atoms with E-state index < -0.39 is 5.41 Å². The van der Waals surface area contributed by atoms with Crippen LogP contribution >= 0.6 is 0 Å². The molecule has 0 bridgehead atoms. The van der Waals surface area contributed by atoms with Gasteiger partial charge in [-0.05, 0) is 38.0 Å². The molecule has 0 atom stereocenters. The summed E-state index contributed by atoms with van der Waals surface area (Å²) in [5, 5.41) is 2.82. The molecule has 22 heavy (non-hydrogen) atoms. The molecule has 0 aliphatic carbocycles. The molecular weight excluding hydrogens is 276 g/mol. The van der Waals surface area contributed by atoms with Crippen molar-refractivity contribution in [2.24, 2.45) is 5.41 Å². The Balaban J connectivity index is 2.70. The first-order valence-corrected chi connectivity index (χ1v) is 7.82. The molecule has 122 valence electrons. The molecule has 0 unspecified atom stereocenters. The molecule has 1 rings (SSSR count). The fraction of sp³-hybridized carbons (Fsp3) is 0.556. The van der Waals surface area contributed by atoms with E-state index >= 15 is 0 Å². The second-order valence-corrected chi connectivity index (χ2v) is 6.68. The zero-order valence-corrected chi connectivity index (χ0v) is 14.6. The first-order chi connectivity index (χ1) is 10.2. The molecule has 0 heterocycles. The van der Waals surface area contributed by atoms with Crippen LogP contribution in [0, 0.1) is 19.3 Å². The highest BCUT2D eigenvalue weighted by molar-refractivity contribution is 5.94.